The maximum atomic E-state index is 12.8. The van der Waals surface area contributed by atoms with Crippen LogP contribution in [0.2, 0.25) is 0 Å². The molecule has 8 nitrogen and oxygen atoms in total. The molecular formula is C20H22N4O4. The van der Waals surface area contributed by atoms with Crippen molar-refractivity contribution in [2.75, 3.05) is 0 Å². The second kappa shape index (κ2) is 7.46. The Morgan fingerprint density at radius 1 is 1.29 bits per heavy atom. The third-order valence-corrected chi connectivity index (χ3v) is 5.17. The van der Waals surface area contributed by atoms with E-state index in [0.29, 0.717) is 36.3 Å². The predicted octanol–water partition coefficient (Wildman–Crippen LogP) is 3.29. The van der Waals surface area contributed by atoms with Crippen LogP contribution in [-0.2, 0) is 11.3 Å². The van der Waals surface area contributed by atoms with Crippen LogP contribution in [0.4, 0.5) is 0 Å². The molecule has 4 rings (SSSR count). The third kappa shape index (κ3) is 3.37. The lowest BCUT2D eigenvalue weighted by atomic mass is 10.0. The number of hydrogen-bond acceptors (Lipinski definition) is 5. The van der Waals surface area contributed by atoms with Crippen molar-refractivity contribution in [2.45, 2.75) is 45.1 Å². The summed E-state index contributed by atoms with van der Waals surface area (Å²) in [7, 11) is 0. The fourth-order valence-electron chi connectivity index (χ4n) is 3.89. The molecule has 2 heterocycles. The van der Waals surface area contributed by atoms with Gasteiger partial charge in [-0.05, 0) is 37.8 Å². The van der Waals surface area contributed by atoms with Crippen molar-refractivity contribution in [1.82, 2.24) is 19.5 Å². The topological polar surface area (TPSA) is 110 Å². The number of aryl methyl sites for hydroxylation is 1. The summed E-state index contributed by atoms with van der Waals surface area (Å²) in [5.74, 6) is 0.201. The van der Waals surface area contributed by atoms with Gasteiger partial charge in [-0.15, -0.1) is 0 Å². The van der Waals surface area contributed by atoms with Gasteiger partial charge in [-0.2, -0.15) is 4.98 Å². The Hall–Kier alpha value is -3.16. The monoisotopic (exact) mass is 382 g/mol. The van der Waals surface area contributed by atoms with Crippen molar-refractivity contribution in [3.05, 3.63) is 46.5 Å². The van der Waals surface area contributed by atoms with Crippen LogP contribution in [0.15, 0.2) is 35.1 Å². The zero-order valence-corrected chi connectivity index (χ0v) is 15.6. The number of carbonyl (C=O) groups is 1. The van der Waals surface area contributed by atoms with Gasteiger partial charge in [-0.25, -0.2) is 4.98 Å². The quantitative estimate of drug-likeness (QED) is 0.677. The van der Waals surface area contributed by atoms with Crippen LogP contribution in [0, 0.1) is 5.92 Å². The van der Waals surface area contributed by atoms with Crippen LogP contribution in [0.25, 0.3) is 11.2 Å². The molecular weight excluding hydrogens is 360 g/mol. The first-order chi connectivity index (χ1) is 13.6. The third-order valence-electron chi connectivity index (χ3n) is 5.17. The number of aromatic nitrogens is 4. The Morgan fingerprint density at radius 2 is 2.07 bits per heavy atom. The number of aromatic amines is 1. The standard InChI is InChI=1S/C20H22N4O4/c1-2-10-24-15-16(21-17(24)12-8-9-13(11-12)19(26)27)22-20(23-18(15)25)28-14-6-4-3-5-7-14/h3-7,12-13H,2,8-11H2,1H3,(H,26,27)(H,22,23,25). The Labute approximate surface area is 161 Å². The first-order valence-corrected chi connectivity index (χ1v) is 9.53. The molecule has 1 aromatic carbocycles. The molecule has 1 saturated carbocycles. The van der Waals surface area contributed by atoms with Gasteiger partial charge in [-0.3, -0.25) is 14.6 Å². The number of nitrogens with zero attached hydrogens (tertiary/aromatic N) is 3. The van der Waals surface area contributed by atoms with E-state index in [2.05, 4.69) is 15.0 Å². The molecule has 0 radical (unpaired) electrons. The van der Waals surface area contributed by atoms with E-state index in [1.807, 2.05) is 29.7 Å². The maximum absolute atomic E-state index is 12.8. The molecule has 28 heavy (non-hydrogen) atoms. The number of aliphatic carboxylic acids is 1. The number of carboxylic acid groups (broad SMARTS) is 1. The first-order valence-electron chi connectivity index (χ1n) is 9.53. The minimum Gasteiger partial charge on any atom is -0.481 e. The van der Waals surface area contributed by atoms with Crippen LogP contribution in [-0.4, -0.2) is 30.6 Å². The second-order valence-electron chi connectivity index (χ2n) is 7.13. The summed E-state index contributed by atoms with van der Waals surface area (Å²) in [4.78, 5) is 35.8. The summed E-state index contributed by atoms with van der Waals surface area (Å²) in [6.45, 7) is 2.66. The predicted molar refractivity (Wildman–Crippen MR) is 103 cm³/mol. The van der Waals surface area contributed by atoms with Gasteiger partial charge in [0.1, 0.15) is 11.6 Å². The summed E-state index contributed by atoms with van der Waals surface area (Å²) in [6.07, 6.45) is 2.74. The van der Waals surface area contributed by atoms with Crippen molar-refractivity contribution >= 4 is 17.1 Å². The molecule has 3 aromatic rings. The lowest BCUT2D eigenvalue weighted by molar-refractivity contribution is -0.141. The minimum absolute atomic E-state index is 0.0136. The zero-order valence-electron chi connectivity index (χ0n) is 15.6. The van der Waals surface area contributed by atoms with Gasteiger partial charge in [0.2, 0.25) is 0 Å². The molecule has 2 atom stereocenters. The summed E-state index contributed by atoms with van der Waals surface area (Å²) in [6, 6.07) is 9.17. The van der Waals surface area contributed by atoms with Gasteiger partial charge < -0.3 is 14.4 Å². The van der Waals surface area contributed by atoms with Crippen molar-refractivity contribution in [3.63, 3.8) is 0 Å². The van der Waals surface area contributed by atoms with E-state index in [1.165, 1.54) is 0 Å². The molecule has 1 aliphatic rings. The number of fused-ring (bicyclic) bond motifs is 1. The number of para-hydroxylation sites is 1. The highest BCUT2D eigenvalue weighted by molar-refractivity contribution is 5.72. The first kappa shape index (κ1) is 18.2. The summed E-state index contributed by atoms with van der Waals surface area (Å²) in [5, 5.41) is 9.30. The Morgan fingerprint density at radius 3 is 2.75 bits per heavy atom. The van der Waals surface area contributed by atoms with E-state index >= 15 is 0 Å². The van der Waals surface area contributed by atoms with Gasteiger partial charge in [0, 0.05) is 12.5 Å². The smallest absolute Gasteiger partial charge is 0.306 e. The van der Waals surface area contributed by atoms with Crippen LogP contribution < -0.4 is 10.3 Å². The average Bonchev–Trinajstić information content (AvgIpc) is 3.28. The SMILES string of the molecule is CCCn1c(C2CCC(C(=O)O)C2)nc2nc(Oc3ccccc3)[nH]c(=O)c21. The number of rotatable bonds is 6. The van der Waals surface area contributed by atoms with Gasteiger partial charge in [0.15, 0.2) is 11.2 Å². The summed E-state index contributed by atoms with van der Waals surface area (Å²) < 4.78 is 7.55. The highest BCUT2D eigenvalue weighted by Gasteiger charge is 2.34. The highest BCUT2D eigenvalue weighted by atomic mass is 16.5. The average molecular weight is 382 g/mol. The number of carboxylic acids is 1. The zero-order chi connectivity index (χ0) is 19.7. The van der Waals surface area contributed by atoms with E-state index in [9.17, 15) is 14.7 Å². The van der Waals surface area contributed by atoms with Crippen LogP contribution in [0.5, 0.6) is 11.8 Å². The molecule has 0 saturated heterocycles. The molecule has 2 aromatic heterocycles. The molecule has 2 N–H and O–H groups in total. The van der Waals surface area contributed by atoms with Crippen molar-refractivity contribution in [2.24, 2.45) is 5.92 Å². The lowest BCUT2D eigenvalue weighted by Gasteiger charge is -2.12. The van der Waals surface area contributed by atoms with Gasteiger partial charge in [0.05, 0.1) is 5.92 Å². The van der Waals surface area contributed by atoms with E-state index in [4.69, 9.17) is 4.74 Å². The number of H-pyrrole nitrogens is 1. The summed E-state index contributed by atoms with van der Waals surface area (Å²) >= 11 is 0. The Bertz CT molecular complexity index is 1060. The molecule has 8 heteroatoms. The molecule has 0 bridgehead atoms. The Kier molecular flexibility index (Phi) is 4.85. The number of ether oxygens (including phenoxy) is 1. The molecule has 146 valence electrons. The Balaban J connectivity index is 1.74. The molecule has 2 unspecified atom stereocenters. The number of benzene rings is 1. The summed E-state index contributed by atoms with van der Waals surface area (Å²) in [5.41, 5.74) is 0.434. The molecule has 0 aliphatic heterocycles. The van der Waals surface area contributed by atoms with Gasteiger partial charge >= 0.3 is 12.0 Å². The van der Waals surface area contributed by atoms with E-state index in [-0.39, 0.29) is 23.4 Å². The van der Waals surface area contributed by atoms with E-state index < -0.39 is 5.97 Å². The molecule has 1 fully saturated rings. The number of hydrogen-bond donors (Lipinski definition) is 2. The van der Waals surface area contributed by atoms with E-state index in [1.54, 1.807) is 12.1 Å². The van der Waals surface area contributed by atoms with Crippen LogP contribution in [0.1, 0.15) is 44.3 Å². The van der Waals surface area contributed by atoms with Gasteiger partial charge in [-0.1, -0.05) is 25.1 Å². The van der Waals surface area contributed by atoms with Crippen LogP contribution >= 0.6 is 0 Å². The fraction of sp³-hybridized carbons (Fsp3) is 0.400. The molecule has 1 aliphatic carbocycles. The molecule has 0 spiro atoms. The number of nitrogens with one attached hydrogen (secondary N) is 1. The fourth-order valence-corrected chi connectivity index (χ4v) is 3.89. The minimum atomic E-state index is -0.768. The number of imidazole rings is 1. The largest absolute Gasteiger partial charge is 0.481 e. The maximum Gasteiger partial charge on any atom is 0.306 e. The van der Waals surface area contributed by atoms with Crippen molar-refractivity contribution in [1.29, 1.82) is 0 Å². The highest BCUT2D eigenvalue weighted by Crippen LogP contribution is 2.38. The second-order valence-corrected chi connectivity index (χ2v) is 7.13. The normalized spacial score (nSPS) is 19.2. The van der Waals surface area contributed by atoms with E-state index in [0.717, 1.165) is 18.7 Å². The van der Waals surface area contributed by atoms with Crippen molar-refractivity contribution < 1.29 is 14.6 Å². The molecule has 0 amide bonds. The van der Waals surface area contributed by atoms with Crippen molar-refractivity contribution in [3.8, 4) is 11.8 Å². The van der Waals surface area contributed by atoms with Gasteiger partial charge in [0.25, 0.3) is 5.56 Å². The van der Waals surface area contributed by atoms with Crippen LogP contribution in [0.3, 0.4) is 0 Å². The lowest BCUT2D eigenvalue weighted by Crippen LogP contribution is -2.15.